The van der Waals surface area contributed by atoms with Crippen LogP contribution in [0.25, 0.3) is 0 Å². The number of amides is 1. The number of aryl methyl sites for hydroxylation is 1. The van der Waals surface area contributed by atoms with Gasteiger partial charge in [0.15, 0.2) is 0 Å². The maximum atomic E-state index is 14.9. The number of benzene rings is 1. The molecule has 1 atom stereocenters. The summed E-state index contributed by atoms with van der Waals surface area (Å²) >= 11 is 0. The van der Waals surface area contributed by atoms with Gasteiger partial charge in [0.1, 0.15) is 17.2 Å². The number of nitrogens with zero attached hydrogens (tertiary/aromatic N) is 4. The average molecular weight is 605 g/mol. The van der Waals surface area contributed by atoms with Crippen LogP contribution in [0.1, 0.15) is 73.5 Å². The van der Waals surface area contributed by atoms with Crippen molar-refractivity contribution < 1.29 is 28.9 Å². The lowest BCUT2D eigenvalue weighted by atomic mass is 9.92. The molecule has 2 aromatic heterocycles. The zero-order chi connectivity index (χ0) is 31.4. The third-order valence-electron chi connectivity index (χ3n) is 8.34. The van der Waals surface area contributed by atoms with Gasteiger partial charge in [-0.1, -0.05) is 6.07 Å². The van der Waals surface area contributed by atoms with E-state index in [1.165, 1.54) is 24.8 Å². The van der Waals surface area contributed by atoms with E-state index in [-0.39, 0.29) is 36.5 Å². The second-order valence-corrected chi connectivity index (χ2v) is 12.7. The van der Waals surface area contributed by atoms with Crippen molar-refractivity contribution in [3.05, 3.63) is 71.5 Å². The number of aliphatic carboxylic acids is 1. The van der Waals surface area contributed by atoms with Gasteiger partial charge in [-0.05, 0) is 100 Å². The van der Waals surface area contributed by atoms with Gasteiger partial charge in [0.2, 0.25) is 5.88 Å². The highest BCUT2D eigenvalue weighted by molar-refractivity contribution is 6.09. The van der Waals surface area contributed by atoms with Crippen molar-refractivity contribution in [1.82, 2.24) is 9.97 Å². The summed E-state index contributed by atoms with van der Waals surface area (Å²) in [6.45, 7) is 6.28. The van der Waals surface area contributed by atoms with Crippen molar-refractivity contribution in [2.24, 2.45) is 11.8 Å². The van der Waals surface area contributed by atoms with Crippen molar-refractivity contribution in [3.63, 3.8) is 0 Å². The zero-order valence-electron chi connectivity index (χ0n) is 25.6. The average Bonchev–Trinajstić information content (AvgIpc) is 3.83. The number of rotatable bonds is 12. The molecule has 10 heteroatoms. The molecule has 234 valence electrons. The number of halogens is 1. The number of hydrogen-bond acceptors (Lipinski definition) is 7. The van der Waals surface area contributed by atoms with Gasteiger partial charge >= 0.3 is 5.97 Å². The van der Waals surface area contributed by atoms with Gasteiger partial charge in [-0.25, -0.2) is 14.4 Å². The minimum absolute atomic E-state index is 0.0196. The number of carboxylic acid groups (broad SMARTS) is 1. The van der Waals surface area contributed by atoms with Crippen LogP contribution in [0.5, 0.6) is 11.6 Å². The van der Waals surface area contributed by atoms with E-state index < -0.39 is 11.6 Å². The number of alkyl halides is 1. The number of aromatic nitrogens is 2. The monoisotopic (exact) mass is 604 g/mol. The predicted molar refractivity (Wildman–Crippen MR) is 166 cm³/mol. The van der Waals surface area contributed by atoms with E-state index in [9.17, 15) is 24.2 Å². The second-order valence-electron chi connectivity index (χ2n) is 12.7. The highest BCUT2D eigenvalue weighted by Gasteiger charge is 2.34. The largest absolute Gasteiger partial charge is 0.508 e. The molecule has 2 aliphatic rings. The summed E-state index contributed by atoms with van der Waals surface area (Å²) < 4.78 is 21.0. The summed E-state index contributed by atoms with van der Waals surface area (Å²) in [5.41, 5.74) is 0.999. The van der Waals surface area contributed by atoms with Crippen LogP contribution in [0.2, 0.25) is 0 Å². The van der Waals surface area contributed by atoms with Crippen LogP contribution < -0.4 is 14.5 Å². The molecule has 1 unspecified atom stereocenters. The smallest absolute Gasteiger partial charge is 0.303 e. The fraction of sp³-hybridized carbons (Fsp3) is 0.471. The van der Waals surface area contributed by atoms with Crippen molar-refractivity contribution in [3.8, 4) is 11.6 Å². The number of pyridine rings is 2. The SMILES string of the molecule is Cc1cccc(N(CC(C)(C)F)C(=O)c2ccc(O)cc2N2CCC(COc3cc(C(CC(=O)O)C4CC4)ccn3)CC2)n1. The van der Waals surface area contributed by atoms with E-state index in [2.05, 4.69) is 14.9 Å². The number of aromatic hydroxyl groups is 1. The molecule has 1 aliphatic carbocycles. The molecule has 1 amide bonds. The lowest BCUT2D eigenvalue weighted by Gasteiger charge is -2.35. The first-order valence-electron chi connectivity index (χ1n) is 15.3. The number of carboxylic acids is 1. The molecule has 1 aliphatic heterocycles. The Morgan fingerprint density at radius 1 is 1.11 bits per heavy atom. The topological polar surface area (TPSA) is 116 Å². The summed E-state index contributed by atoms with van der Waals surface area (Å²) in [7, 11) is 0. The zero-order valence-corrected chi connectivity index (χ0v) is 25.6. The van der Waals surface area contributed by atoms with Gasteiger partial charge in [-0.2, -0.15) is 0 Å². The molecule has 0 bridgehead atoms. The molecule has 44 heavy (non-hydrogen) atoms. The van der Waals surface area contributed by atoms with E-state index in [0.717, 1.165) is 36.9 Å². The summed E-state index contributed by atoms with van der Waals surface area (Å²) in [5.74, 6) is 0.389. The molecular formula is C34H41FN4O5. The molecule has 0 radical (unpaired) electrons. The Kier molecular flexibility index (Phi) is 9.36. The summed E-state index contributed by atoms with van der Waals surface area (Å²) in [4.78, 5) is 37.7. The summed E-state index contributed by atoms with van der Waals surface area (Å²) in [6.07, 6.45) is 5.49. The second kappa shape index (κ2) is 13.2. The normalized spacial score (nSPS) is 16.4. The number of anilines is 2. The predicted octanol–water partition coefficient (Wildman–Crippen LogP) is 6.15. The van der Waals surface area contributed by atoms with Crippen molar-refractivity contribution >= 4 is 23.4 Å². The van der Waals surface area contributed by atoms with Crippen molar-refractivity contribution in [2.75, 3.05) is 36.0 Å². The van der Waals surface area contributed by atoms with Crippen LogP contribution in [-0.4, -0.2) is 64.0 Å². The molecule has 9 nitrogen and oxygen atoms in total. The maximum absolute atomic E-state index is 14.9. The highest BCUT2D eigenvalue weighted by atomic mass is 19.1. The van der Waals surface area contributed by atoms with E-state index in [4.69, 9.17) is 4.74 Å². The van der Waals surface area contributed by atoms with Gasteiger partial charge in [-0.15, -0.1) is 0 Å². The number of phenolic OH excluding ortho intramolecular Hbond substituents is 1. The van der Waals surface area contributed by atoms with Crippen molar-refractivity contribution in [1.29, 1.82) is 0 Å². The van der Waals surface area contributed by atoms with E-state index in [0.29, 0.717) is 48.6 Å². The standard InChI is InChI=1S/C34H41FN4O5/c1-22-5-4-6-30(37-22)39(21-34(2,3)35)33(43)27-10-9-26(40)18-29(27)38-15-12-23(13-16-38)20-44-31-17-25(11-14-36-31)28(19-32(41)42)24-7-8-24/h4-6,9-11,14,17-18,23-24,28,40H,7-8,12-13,15-16,19-21H2,1-3H3,(H,41,42). The van der Waals surface area contributed by atoms with E-state index >= 15 is 0 Å². The van der Waals surface area contributed by atoms with E-state index in [1.54, 1.807) is 30.5 Å². The Hall–Kier alpha value is -4.21. The van der Waals surface area contributed by atoms with Crippen LogP contribution >= 0.6 is 0 Å². The lowest BCUT2D eigenvalue weighted by Crippen LogP contribution is -2.42. The molecule has 1 saturated heterocycles. The van der Waals surface area contributed by atoms with E-state index in [1.807, 2.05) is 25.1 Å². The first-order chi connectivity index (χ1) is 21.0. The van der Waals surface area contributed by atoms with Crippen LogP contribution in [0.3, 0.4) is 0 Å². The number of hydrogen-bond donors (Lipinski definition) is 2. The fourth-order valence-electron chi connectivity index (χ4n) is 5.94. The molecule has 3 heterocycles. The van der Waals surface area contributed by atoms with Crippen LogP contribution in [0, 0.1) is 18.8 Å². The highest BCUT2D eigenvalue weighted by Crippen LogP contribution is 2.45. The fourth-order valence-corrected chi connectivity index (χ4v) is 5.94. The Bertz CT molecular complexity index is 1480. The molecular weight excluding hydrogens is 563 g/mol. The van der Waals surface area contributed by atoms with Gasteiger partial charge in [-0.3, -0.25) is 14.5 Å². The summed E-state index contributed by atoms with van der Waals surface area (Å²) in [6, 6.07) is 13.7. The Labute approximate surface area is 257 Å². The number of piperidine rings is 1. The van der Waals surface area contributed by atoms with Gasteiger partial charge in [0.25, 0.3) is 5.91 Å². The lowest BCUT2D eigenvalue weighted by molar-refractivity contribution is -0.137. The molecule has 0 spiro atoms. The molecule has 1 aromatic carbocycles. The van der Waals surface area contributed by atoms with Gasteiger partial charge in [0, 0.05) is 37.1 Å². The molecule has 3 aromatic rings. The molecule has 2 N–H and O–H groups in total. The third-order valence-corrected chi connectivity index (χ3v) is 8.34. The Balaban J connectivity index is 1.26. The minimum Gasteiger partial charge on any atom is -0.508 e. The molecule has 5 rings (SSSR count). The number of ether oxygens (including phenoxy) is 1. The quantitative estimate of drug-likeness (QED) is 0.253. The minimum atomic E-state index is -1.65. The number of phenols is 1. The first-order valence-corrected chi connectivity index (χ1v) is 15.3. The summed E-state index contributed by atoms with van der Waals surface area (Å²) in [5, 5.41) is 19.7. The molecule has 2 fully saturated rings. The number of carbonyl (C=O) groups is 2. The van der Waals surface area contributed by atoms with Gasteiger partial charge < -0.3 is 19.8 Å². The van der Waals surface area contributed by atoms with Crippen molar-refractivity contribution in [2.45, 2.75) is 64.5 Å². The van der Waals surface area contributed by atoms with Gasteiger partial charge in [0.05, 0.1) is 30.8 Å². The third kappa shape index (κ3) is 8.03. The van der Waals surface area contributed by atoms with Crippen LogP contribution in [0.15, 0.2) is 54.7 Å². The van der Waals surface area contributed by atoms with Crippen LogP contribution in [0.4, 0.5) is 15.9 Å². The maximum Gasteiger partial charge on any atom is 0.303 e. The number of carbonyl (C=O) groups excluding carboxylic acids is 1. The Morgan fingerprint density at radius 2 is 1.86 bits per heavy atom. The first kappa shape index (κ1) is 31.2. The Morgan fingerprint density at radius 3 is 2.52 bits per heavy atom. The molecule has 1 saturated carbocycles. The van der Waals surface area contributed by atoms with Crippen LogP contribution in [-0.2, 0) is 4.79 Å².